The van der Waals surface area contributed by atoms with Gasteiger partial charge in [0.1, 0.15) is 0 Å². The number of fused-ring (bicyclic) bond motifs is 1. The molecule has 37 heavy (non-hydrogen) atoms. The first-order chi connectivity index (χ1) is 17.4. The highest BCUT2D eigenvalue weighted by Crippen LogP contribution is 2.34. The summed E-state index contributed by atoms with van der Waals surface area (Å²) in [5.41, 5.74) is 2.97. The van der Waals surface area contributed by atoms with Gasteiger partial charge in [-0.1, -0.05) is 37.0 Å². The number of nitriles is 1. The molecule has 1 fully saturated rings. The second-order valence-electron chi connectivity index (χ2n) is 10.4. The minimum absolute atomic E-state index is 0.0344. The third-order valence-corrected chi connectivity index (χ3v) is 8.16. The first-order valence-corrected chi connectivity index (χ1v) is 13.0. The van der Waals surface area contributed by atoms with Crippen molar-refractivity contribution in [2.75, 3.05) is 26.7 Å². The molecule has 6 nitrogen and oxygen atoms in total. The number of aromatic nitrogens is 1. The molecule has 2 aromatic carbocycles. The summed E-state index contributed by atoms with van der Waals surface area (Å²) in [5, 5.41) is 19.4. The second-order valence-corrected chi connectivity index (χ2v) is 11.2. The number of piperidine rings is 1. The van der Waals surface area contributed by atoms with Crippen LogP contribution in [0.4, 0.5) is 0 Å². The molecule has 0 atom stereocenters. The fourth-order valence-electron chi connectivity index (χ4n) is 4.81. The summed E-state index contributed by atoms with van der Waals surface area (Å²) in [6.45, 7) is 8.92. The Morgan fingerprint density at radius 3 is 2.41 bits per heavy atom. The van der Waals surface area contributed by atoms with Gasteiger partial charge in [-0.2, -0.15) is 5.26 Å². The Hall–Kier alpha value is -2.69. The van der Waals surface area contributed by atoms with Crippen molar-refractivity contribution in [3.63, 3.8) is 0 Å². The summed E-state index contributed by atoms with van der Waals surface area (Å²) in [7, 11) is 3.91. The van der Waals surface area contributed by atoms with E-state index in [0.717, 1.165) is 16.5 Å². The lowest BCUT2D eigenvalue weighted by atomic mass is 9.74. The van der Waals surface area contributed by atoms with Crippen molar-refractivity contribution >= 4 is 46.2 Å². The maximum absolute atomic E-state index is 13.0. The Labute approximate surface area is 228 Å². The van der Waals surface area contributed by atoms with Gasteiger partial charge >= 0.3 is 0 Å². The van der Waals surface area contributed by atoms with Gasteiger partial charge in [-0.25, -0.2) is 0 Å². The van der Waals surface area contributed by atoms with Gasteiger partial charge in [0.15, 0.2) is 6.29 Å². The minimum atomic E-state index is -0.379. The number of nitrogens with zero attached hydrogens (tertiary/aromatic N) is 3. The van der Waals surface area contributed by atoms with E-state index in [1.807, 2.05) is 6.92 Å². The van der Waals surface area contributed by atoms with Gasteiger partial charge in [0, 0.05) is 30.1 Å². The minimum Gasteiger partial charge on any atom is -0.396 e. The molecule has 1 aliphatic heterocycles. The van der Waals surface area contributed by atoms with Crippen LogP contribution >= 0.6 is 23.2 Å². The molecule has 0 amide bonds. The van der Waals surface area contributed by atoms with Gasteiger partial charge in [0.2, 0.25) is 5.78 Å². The predicted molar refractivity (Wildman–Crippen MR) is 149 cm³/mol. The Bertz CT molecular complexity index is 1360. The summed E-state index contributed by atoms with van der Waals surface area (Å²) in [6, 6.07) is 10.3. The predicted octanol–water partition coefficient (Wildman–Crippen LogP) is 6.06. The molecule has 0 spiro atoms. The molecule has 1 aromatic heterocycles. The van der Waals surface area contributed by atoms with E-state index >= 15 is 0 Å². The third kappa shape index (κ3) is 6.08. The standard InChI is InChI=1S/C19H12Cl2N2O2.C10H21NO/c1-10-5-11(8-22)6-15-13(10)7-16(23(15)2)19(25)17-14(20)4-3-12(9-24)18(17)21;1-10(2,8-12)9-4-6-11(3)7-5-9/h3-7,9H,1-2H3;9,12H,4-8H2,1-3H3. The van der Waals surface area contributed by atoms with Gasteiger partial charge in [-0.15, -0.1) is 0 Å². The smallest absolute Gasteiger partial charge is 0.212 e. The van der Waals surface area contributed by atoms with Gasteiger partial charge in [-0.05, 0) is 87.1 Å². The molecule has 2 heterocycles. The van der Waals surface area contributed by atoms with Crippen LogP contribution in [-0.2, 0) is 7.05 Å². The first-order valence-electron chi connectivity index (χ1n) is 12.2. The lowest BCUT2D eigenvalue weighted by Crippen LogP contribution is -2.38. The van der Waals surface area contributed by atoms with Crippen molar-refractivity contribution in [1.82, 2.24) is 9.47 Å². The molecule has 196 valence electrons. The van der Waals surface area contributed by atoms with E-state index in [-0.39, 0.29) is 32.4 Å². The van der Waals surface area contributed by atoms with E-state index < -0.39 is 0 Å². The number of hydrogen-bond acceptors (Lipinski definition) is 5. The fourth-order valence-corrected chi connectivity index (χ4v) is 5.39. The normalized spacial score (nSPS) is 14.7. The topological polar surface area (TPSA) is 86.3 Å². The number of benzene rings is 2. The Kier molecular flexibility index (Phi) is 9.20. The van der Waals surface area contributed by atoms with Crippen LogP contribution in [0.15, 0.2) is 30.3 Å². The molecule has 0 radical (unpaired) electrons. The molecule has 8 heteroatoms. The molecule has 0 bridgehead atoms. The second kappa shape index (κ2) is 11.8. The number of aldehydes is 1. The molecule has 3 aromatic rings. The van der Waals surface area contributed by atoms with Crippen molar-refractivity contribution in [1.29, 1.82) is 5.26 Å². The number of aliphatic hydroxyl groups excluding tert-OH is 1. The number of aryl methyl sites for hydroxylation is 2. The van der Waals surface area contributed by atoms with Crippen molar-refractivity contribution in [3.05, 3.63) is 68.3 Å². The third-order valence-electron chi connectivity index (χ3n) is 7.44. The molecule has 1 saturated heterocycles. The number of rotatable bonds is 5. The summed E-state index contributed by atoms with van der Waals surface area (Å²) in [4.78, 5) is 26.5. The highest BCUT2D eigenvalue weighted by molar-refractivity contribution is 6.42. The van der Waals surface area contributed by atoms with E-state index in [4.69, 9.17) is 28.5 Å². The van der Waals surface area contributed by atoms with E-state index in [9.17, 15) is 14.7 Å². The highest BCUT2D eigenvalue weighted by Gasteiger charge is 2.31. The van der Waals surface area contributed by atoms with Crippen LogP contribution in [0.3, 0.4) is 0 Å². The fraction of sp³-hybridized carbons (Fsp3) is 0.414. The van der Waals surface area contributed by atoms with Crippen LogP contribution in [0.25, 0.3) is 10.9 Å². The van der Waals surface area contributed by atoms with Gasteiger partial charge in [0.25, 0.3) is 0 Å². The summed E-state index contributed by atoms with van der Waals surface area (Å²) in [5.74, 6) is 0.328. The molecule has 1 aliphatic rings. The number of halogens is 2. The monoisotopic (exact) mass is 541 g/mol. The van der Waals surface area contributed by atoms with Crippen molar-refractivity contribution in [3.8, 4) is 6.07 Å². The zero-order chi connectivity index (χ0) is 27.5. The van der Waals surface area contributed by atoms with Gasteiger partial charge in [0.05, 0.1) is 32.9 Å². The van der Waals surface area contributed by atoms with Crippen molar-refractivity contribution < 1.29 is 14.7 Å². The quantitative estimate of drug-likeness (QED) is 0.313. The Morgan fingerprint density at radius 2 is 1.84 bits per heavy atom. The molecule has 0 unspecified atom stereocenters. The SMILES string of the molecule is CN1CCC(C(C)(C)CO)CC1.Cc1cc(C#N)cc2c1cc(C(=O)c1c(Cl)ccc(C=O)c1Cl)n2C. The first kappa shape index (κ1) is 28.9. The van der Waals surface area contributed by atoms with Crippen LogP contribution in [0.1, 0.15) is 64.2 Å². The number of carbonyl (C=O) groups excluding carboxylic acids is 2. The van der Waals surface area contributed by atoms with Crippen LogP contribution in [-0.4, -0.2) is 53.4 Å². The lowest BCUT2D eigenvalue weighted by Gasteiger charge is -2.38. The Balaban J connectivity index is 0.000000266. The maximum Gasteiger partial charge on any atom is 0.212 e. The number of carbonyl (C=O) groups is 2. The Morgan fingerprint density at radius 1 is 1.19 bits per heavy atom. The highest BCUT2D eigenvalue weighted by atomic mass is 35.5. The molecular formula is C29H33Cl2N3O3. The lowest BCUT2D eigenvalue weighted by molar-refractivity contribution is 0.0555. The molecule has 4 rings (SSSR count). The van der Waals surface area contributed by atoms with Crippen LogP contribution in [0.2, 0.25) is 10.0 Å². The number of aliphatic hydroxyl groups is 1. The van der Waals surface area contributed by atoms with E-state index in [0.29, 0.717) is 30.1 Å². The van der Waals surface area contributed by atoms with Crippen LogP contribution < -0.4 is 0 Å². The number of ketones is 1. The van der Waals surface area contributed by atoms with E-state index in [1.165, 1.54) is 38.1 Å². The molecule has 0 saturated carbocycles. The molecule has 1 N–H and O–H groups in total. The number of hydrogen-bond donors (Lipinski definition) is 1. The summed E-state index contributed by atoms with van der Waals surface area (Å²) >= 11 is 12.4. The average Bonchev–Trinajstić information content (AvgIpc) is 3.21. The zero-order valence-electron chi connectivity index (χ0n) is 21.9. The summed E-state index contributed by atoms with van der Waals surface area (Å²) < 4.78 is 1.70. The molecular weight excluding hydrogens is 509 g/mol. The van der Waals surface area contributed by atoms with Crippen molar-refractivity contribution in [2.24, 2.45) is 18.4 Å². The average molecular weight is 543 g/mol. The summed E-state index contributed by atoms with van der Waals surface area (Å²) in [6.07, 6.45) is 3.06. The zero-order valence-corrected chi connectivity index (χ0v) is 23.5. The van der Waals surface area contributed by atoms with Crippen molar-refractivity contribution in [2.45, 2.75) is 33.6 Å². The maximum atomic E-state index is 13.0. The van der Waals surface area contributed by atoms with E-state index in [2.05, 4.69) is 31.9 Å². The van der Waals surface area contributed by atoms with Crippen LogP contribution in [0.5, 0.6) is 0 Å². The molecule has 0 aliphatic carbocycles. The number of likely N-dealkylation sites (tertiary alicyclic amines) is 1. The van der Waals surface area contributed by atoms with Crippen LogP contribution in [0, 0.1) is 29.6 Å². The van der Waals surface area contributed by atoms with E-state index in [1.54, 1.807) is 29.8 Å². The van der Waals surface area contributed by atoms with Gasteiger partial charge < -0.3 is 14.6 Å². The largest absolute Gasteiger partial charge is 0.396 e. The van der Waals surface area contributed by atoms with Gasteiger partial charge in [-0.3, -0.25) is 9.59 Å².